The molecule has 5 heteroatoms. The summed E-state index contributed by atoms with van der Waals surface area (Å²) in [5.41, 5.74) is 2.10. The van der Waals surface area contributed by atoms with Gasteiger partial charge in [0, 0.05) is 6.61 Å². The Morgan fingerprint density at radius 2 is 1.68 bits per heavy atom. The lowest BCUT2D eigenvalue weighted by molar-refractivity contribution is 0.152. The lowest BCUT2D eigenvalue weighted by Crippen LogP contribution is -2.05. The third kappa shape index (κ3) is 6.91. The number of phenolic OH excluding ortho intramolecular Hbond substituents is 1. The Morgan fingerprint density at radius 1 is 1.09 bits per heavy atom. The van der Waals surface area contributed by atoms with Crippen LogP contribution in [0.25, 0.3) is 0 Å². The maximum Gasteiger partial charge on any atom is 0.125 e. The Kier molecular flexibility index (Phi) is 9.37. The Bertz CT molecular complexity index is 458. The van der Waals surface area contributed by atoms with Gasteiger partial charge in [0.15, 0.2) is 0 Å². The fraction of sp³-hybridized carbons (Fsp3) is 0.529. The third-order valence-corrected chi connectivity index (χ3v) is 3.58. The molecule has 0 saturated heterocycles. The number of aromatic hydroxyl groups is 1. The molecule has 0 unspecified atom stereocenters. The molecule has 22 heavy (non-hydrogen) atoms. The summed E-state index contributed by atoms with van der Waals surface area (Å²) >= 11 is 11.0. The van der Waals surface area contributed by atoms with Crippen molar-refractivity contribution in [2.75, 3.05) is 19.8 Å². The summed E-state index contributed by atoms with van der Waals surface area (Å²) in [5.74, 6) is 1.22. The van der Waals surface area contributed by atoms with E-state index < -0.39 is 0 Å². The number of hydrogen-bond donors (Lipinski definition) is 1. The van der Waals surface area contributed by atoms with Crippen LogP contribution in [0.3, 0.4) is 0 Å². The molecule has 1 rings (SSSR count). The normalized spacial score (nSPS) is 10.5. The van der Waals surface area contributed by atoms with Crippen molar-refractivity contribution in [1.29, 1.82) is 0 Å². The molecule has 1 aromatic carbocycles. The van der Waals surface area contributed by atoms with Gasteiger partial charge in [-0.2, -0.15) is 0 Å². The van der Waals surface area contributed by atoms with Crippen molar-refractivity contribution in [2.24, 2.45) is 0 Å². The minimum absolute atomic E-state index is 0.231. The molecule has 124 valence electrons. The highest BCUT2D eigenvalue weighted by molar-refractivity contribution is 6.55. The molecule has 0 aromatic heterocycles. The average Bonchev–Trinajstić information content (AvgIpc) is 2.49. The van der Waals surface area contributed by atoms with Gasteiger partial charge in [-0.05, 0) is 55.0 Å². The van der Waals surface area contributed by atoms with E-state index in [-0.39, 0.29) is 4.49 Å². The van der Waals surface area contributed by atoms with Crippen molar-refractivity contribution < 1.29 is 14.6 Å². The molecule has 0 fully saturated rings. The average molecular weight is 347 g/mol. The number of ether oxygens (including phenoxy) is 2. The Hall–Kier alpha value is -0.900. The Balaban J connectivity index is 2.37. The van der Waals surface area contributed by atoms with E-state index in [0.717, 1.165) is 42.6 Å². The summed E-state index contributed by atoms with van der Waals surface area (Å²) < 4.78 is 11.5. The monoisotopic (exact) mass is 346 g/mol. The van der Waals surface area contributed by atoms with Crippen LogP contribution in [0, 0.1) is 0 Å². The van der Waals surface area contributed by atoms with Crippen LogP contribution in [-0.2, 0) is 17.6 Å². The van der Waals surface area contributed by atoms with E-state index in [1.54, 1.807) is 18.2 Å². The zero-order valence-electron chi connectivity index (χ0n) is 13.2. The third-order valence-electron chi connectivity index (χ3n) is 3.27. The van der Waals surface area contributed by atoms with Crippen LogP contribution in [0.15, 0.2) is 22.7 Å². The van der Waals surface area contributed by atoms with Gasteiger partial charge in [-0.3, -0.25) is 0 Å². The summed E-state index contributed by atoms with van der Waals surface area (Å²) in [6.07, 6.45) is 5.12. The van der Waals surface area contributed by atoms with Crippen molar-refractivity contribution in [2.45, 2.75) is 39.5 Å². The predicted octanol–water partition coefficient (Wildman–Crippen LogP) is 5.01. The number of phenols is 1. The van der Waals surface area contributed by atoms with Crippen LogP contribution in [0.4, 0.5) is 0 Å². The van der Waals surface area contributed by atoms with Gasteiger partial charge < -0.3 is 14.6 Å². The van der Waals surface area contributed by atoms with Gasteiger partial charge in [-0.1, -0.05) is 37.0 Å². The van der Waals surface area contributed by atoms with Gasteiger partial charge in [0.1, 0.15) is 16.0 Å². The largest absolute Gasteiger partial charge is 0.508 e. The van der Waals surface area contributed by atoms with Gasteiger partial charge in [-0.15, -0.1) is 0 Å². The summed E-state index contributed by atoms with van der Waals surface area (Å²) in [4.78, 5) is 0. The first-order valence-electron chi connectivity index (χ1n) is 7.64. The number of unbranched alkanes of at least 4 members (excludes halogenated alkanes) is 1. The summed E-state index contributed by atoms with van der Waals surface area (Å²) in [6, 6.07) is 3.56. The van der Waals surface area contributed by atoms with Crippen LogP contribution >= 0.6 is 23.2 Å². The fourth-order valence-electron chi connectivity index (χ4n) is 2.13. The van der Waals surface area contributed by atoms with Crippen molar-refractivity contribution in [3.8, 4) is 11.5 Å². The topological polar surface area (TPSA) is 38.7 Å². The maximum absolute atomic E-state index is 9.72. The first kappa shape index (κ1) is 19.1. The first-order chi connectivity index (χ1) is 10.6. The molecular formula is C17H24Cl2O3. The Labute approximate surface area is 142 Å². The zero-order chi connectivity index (χ0) is 16.4. The molecule has 0 amide bonds. The summed E-state index contributed by atoms with van der Waals surface area (Å²) in [7, 11) is 0. The van der Waals surface area contributed by atoms with Gasteiger partial charge in [0.2, 0.25) is 0 Å². The molecule has 0 atom stereocenters. The molecule has 0 aliphatic rings. The second-order valence-electron chi connectivity index (χ2n) is 4.92. The molecule has 0 radical (unpaired) electrons. The molecule has 1 N–H and O–H groups in total. The SMILES string of the molecule is CCc1cc(O)cc(CC)c1OCCCCOCC=C(Cl)Cl. The second-order valence-corrected chi connectivity index (χ2v) is 5.93. The van der Waals surface area contributed by atoms with Gasteiger partial charge in [-0.25, -0.2) is 0 Å². The lowest BCUT2D eigenvalue weighted by Gasteiger charge is -2.15. The highest BCUT2D eigenvalue weighted by atomic mass is 35.5. The molecule has 0 spiro atoms. The summed E-state index contributed by atoms with van der Waals surface area (Å²) in [5, 5.41) is 9.72. The second kappa shape index (κ2) is 10.8. The minimum Gasteiger partial charge on any atom is -0.508 e. The molecule has 0 heterocycles. The van der Waals surface area contributed by atoms with Crippen molar-refractivity contribution >= 4 is 23.2 Å². The van der Waals surface area contributed by atoms with E-state index in [1.165, 1.54) is 0 Å². The van der Waals surface area contributed by atoms with E-state index in [1.807, 2.05) is 0 Å². The standard InChI is InChI=1S/C17H24Cl2O3/c1-3-13-11-15(20)12-14(4-2)17(13)22-9-6-5-8-21-10-7-16(18)19/h7,11-12,20H,3-6,8-10H2,1-2H3. The van der Waals surface area contributed by atoms with Crippen molar-refractivity contribution in [3.05, 3.63) is 33.8 Å². The molecule has 0 saturated carbocycles. The van der Waals surface area contributed by atoms with Crippen LogP contribution in [0.5, 0.6) is 11.5 Å². The van der Waals surface area contributed by atoms with Crippen LogP contribution in [-0.4, -0.2) is 24.9 Å². The number of hydrogen-bond acceptors (Lipinski definition) is 3. The molecule has 0 aliphatic heterocycles. The molecular weight excluding hydrogens is 323 g/mol. The van der Waals surface area contributed by atoms with E-state index in [0.29, 0.717) is 25.6 Å². The molecule has 0 bridgehead atoms. The Morgan fingerprint density at radius 3 is 2.23 bits per heavy atom. The number of benzene rings is 1. The smallest absolute Gasteiger partial charge is 0.125 e. The number of halogens is 2. The van der Waals surface area contributed by atoms with Crippen molar-refractivity contribution in [3.63, 3.8) is 0 Å². The molecule has 1 aromatic rings. The van der Waals surface area contributed by atoms with E-state index >= 15 is 0 Å². The van der Waals surface area contributed by atoms with Crippen LogP contribution in [0.1, 0.15) is 37.8 Å². The lowest BCUT2D eigenvalue weighted by atomic mass is 10.0. The van der Waals surface area contributed by atoms with Gasteiger partial charge in [0.05, 0.1) is 13.2 Å². The number of rotatable bonds is 10. The van der Waals surface area contributed by atoms with E-state index in [2.05, 4.69) is 13.8 Å². The zero-order valence-corrected chi connectivity index (χ0v) is 14.7. The van der Waals surface area contributed by atoms with Crippen LogP contribution in [0.2, 0.25) is 0 Å². The summed E-state index contributed by atoms with van der Waals surface area (Å²) in [6.45, 7) is 5.84. The highest BCUT2D eigenvalue weighted by Crippen LogP contribution is 2.30. The van der Waals surface area contributed by atoms with Gasteiger partial charge in [0.25, 0.3) is 0 Å². The number of aryl methyl sites for hydroxylation is 2. The first-order valence-corrected chi connectivity index (χ1v) is 8.40. The molecule has 3 nitrogen and oxygen atoms in total. The van der Waals surface area contributed by atoms with Crippen LogP contribution < -0.4 is 4.74 Å². The van der Waals surface area contributed by atoms with E-state index in [9.17, 15) is 5.11 Å². The van der Waals surface area contributed by atoms with Crippen molar-refractivity contribution in [1.82, 2.24) is 0 Å². The fourth-order valence-corrected chi connectivity index (χ4v) is 2.26. The van der Waals surface area contributed by atoms with Gasteiger partial charge >= 0.3 is 0 Å². The quantitative estimate of drug-likeness (QED) is 0.605. The predicted molar refractivity (Wildman–Crippen MR) is 92.2 cm³/mol. The highest BCUT2D eigenvalue weighted by Gasteiger charge is 2.10. The minimum atomic E-state index is 0.231. The molecule has 0 aliphatic carbocycles. The van der Waals surface area contributed by atoms with E-state index in [4.69, 9.17) is 32.7 Å². The maximum atomic E-state index is 9.72.